The molecule has 0 spiro atoms. The molecule has 0 aliphatic carbocycles. The molecule has 0 bridgehead atoms. The molecular formula is C30H35Cl2N3O6S. The average Bonchev–Trinajstić information content (AvgIpc) is 2.98. The standard InChI is InChI=1S/C30H35Cl2N3O6S/c1-6-20(2)33-30(37)21(3)34(18-22-8-7-9-24(32)16-22)29(36)19-35(25-12-10-23(31)11-13-25)42(38,39)26-14-15-27(40-4)28(17-26)41-5/h7-17,20-21H,6,18-19H2,1-5H3,(H,33,37)/t20-,21+/m1/s1. The van der Waals surface area contributed by atoms with E-state index in [1.165, 1.54) is 61.6 Å². The number of hydrogen-bond donors (Lipinski definition) is 1. The van der Waals surface area contributed by atoms with Crippen molar-refractivity contribution in [3.05, 3.63) is 82.3 Å². The monoisotopic (exact) mass is 635 g/mol. The first-order valence-electron chi connectivity index (χ1n) is 13.3. The minimum absolute atomic E-state index is 0.0271. The fourth-order valence-electron chi connectivity index (χ4n) is 4.12. The molecule has 0 heterocycles. The van der Waals surface area contributed by atoms with Crippen LogP contribution in [0, 0.1) is 0 Å². The maximum Gasteiger partial charge on any atom is 0.264 e. The van der Waals surface area contributed by atoms with Crippen LogP contribution in [0.4, 0.5) is 5.69 Å². The third-order valence-electron chi connectivity index (χ3n) is 6.75. The van der Waals surface area contributed by atoms with Gasteiger partial charge in [0.1, 0.15) is 12.6 Å². The predicted molar refractivity (Wildman–Crippen MR) is 165 cm³/mol. The molecule has 2 atom stereocenters. The molecule has 2 amide bonds. The molecule has 226 valence electrons. The van der Waals surface area contributed by atoms with Gasteiger partial charge in [-0.25, -0.2) is 8.42 Å². The first kappa shape index (κ1) is 33.0. The van der Waals surface area contributed by atoms with E-state index in [1.54, 1.807) is 31.2 Å². The minimum atomic E-state index is -4.32. The number of rotatable bonds is 13. The second-order valence-electron chi connectivity index (χ2n) is 9.65. The van der Waals surface area contributed by atoms with Crippen molar-refractivity contribution in [2.75, 3.05) is 25.1 Å². The molecule has 0 saturated carbocycles. The van der Waals surface area contributed by atoms with Crippen LogP contribution in [-0.2, 0) is 26.2 Å². The summed E-state index contributed by atoms with van der Waals surface area (Å²) in [5, 5.41) is 3.76. The van der Waals surface area contributed by atoms with Gasteiger partial charge in [-0.1, -0.05) is 42.3 Å². The fourth-order valence-corrected chi connectivity index (χ4v) is 5.89. The summed E-state index contributed by atoms with van der Waals surface area (Å²) in [7, 11) is -1.48. The molecule has 0 aliphatic rings. The number of ether oxygens (including phenoxy) is 2. The van der Waals surface area contributed by atoms with Crippen LogP contribution in [0.2, 0.25) is 10.0 Å². The average molecular weight is 637 g/mol. The summed E-state index contributed by atoms with van der Waals surface area (Å²) >= 11 is 12.3. The molecule has 0 fully saturated rings. The second kappa shape index (κ2) is 14.6. The van der Waals surface area contributed by atoms with Crippen molar-refractivity contribution in [3.8, 4) is 11.5 Å². The molecule has 9 nitrogen and oxygen atoms in total. The Hall–Kier alpha value is -3.47. The van der Waals surface area contributed by atoms with E-state index in [0.29, 0.717) is 27.8 Å². The van der Waals surface area contributed by atoms with Crippen molar-refractivity contribution in [2.24, 2.45) is 0 Å². The molecule has 0 unspecified atom stereocenters. The molecule has 3 rings (SSSR count). The van der Waals surface area contributed by atoms with E-state index in [9.17, 15) is 18.0 Å². The van der Waals surface area contributed by atoms with Gasteiger partial charge in [-0.05, 0) is 74.4 Å². The lowest BCUT2D eigenvalue weighted by Gasteiger charge is -2.32. The Kier molecular flexibility index (Phi) is 11.5. The van der Waals surface area contributed by atoms with Gasteiger partial charge in [-0.3, -0.25) is 13.9 Å². The van der Waals surface area contributed by atoms with Crippen molar-refractivity contribution in [1.29, 1.82) is 0 Å². The van der Waals surface area contributed by atoms with Crippen molar-refractivity contribution >= 4 is 50.7 Å². The van der Waals surface area contributed by atoms with E-state index < -0.39 is 28.5 Å². The Morgan fingerprint density at radius 1 is 0.905 bits per heavy atom. The molecule has 0 saturated heterocycles. The maximum absolute atomic E-state index is 14.1. The SMILES string of the molecule is CC[C@@H](C)NC(=O)[C@H](C)N(Cc1cccc(Cl)c1)C(=O)CN(c1ccc(Cl)cc1)S(=O)(=O)c1ccc(OC)c(OC)c1. The van der Waals surface area contributed by atoms with E-state index in [1.807, 2.05) is 13.8 Å². The molecule has 3 aromatic rings. The van der Waals surface area contributed by atoms with Crippen LogP contribution in [0.15, 0.2) is 71.6 Å². The summed E-state index contributed by atoms with van der Waals surface area (Å²) in [4.78, 5) is 28.4. The molecule has 0 aliphatic heterocycles. The number of nitrogens with zero attached hydrogens (tertiary/aromatic N) is 2. The van der Waals surface area contributed by atoms with E-state index in [2.05, 4.69) is 5.32 Å². The Balaban J connectivity index is 2.06. The highest BCUT2D eigenvalue weighted by atomic mass is 35.5. The van der Waals surface area contributed by atoms with Gasteiger partial charge in [0.25, 0.3) is 10.0 Å². The van der Waals surface area contributed by atoms with E-state index >= 15 is 0 Å². The number of carbonyl (C=O) groups is 2. The van der Waals surface area contributed by atoms with E-state index in [0.717, 1.165) is 4.31 Å². The van der Waals surface area contributed by atoms with E-state index in [-0.39, 0.29) is 34.8 Å². The fraction of sp³-hybridized carbons (Fsp3) is 0.333. The molecule has 0 aromatic heterocycles. The number of methoxy groups -OCH3 is 2. The van der Waals surface area contributed by atoms with Gasteiger partial charge in [0, 0.05) is 28.7 Å². The van der Waals surface area contributed by atoms with Crippen LogP contribution in [0.25, 0.3) is 0 Å². The van der Waals surface area contributed by atoms with Gasteiger partial charge in [0.15, 0.2) is 11.5 Å². The van der Waals surface area contributed by atoms with Crippen molar-refractivity contribution in [3.63, 3.8) is 0 Å². The van der Waals surface area contributed by atoms with Crippen molar-refractivity contribution in [1.82, 2.24) is 10.2 Å². The predicted octanol–water partition coefficient (Wildman–Crippen LogP) is 5.54. The van der Waals surface area contributed by atoms with Crippen LogP contribution in [-0.4, -0.2) is 58.0 Å². The number of anilines is 1. The van der Waals surface area contributed by atoms with Crippen LogP contribution < -0.4 is 19.1 Å². The molecule has 0 radical (unpaired) electrons. The van der Waals surface area contributed by atoms with Gasteiger partial charge in [-0.2, -0.15) is 0 Å². The number of benzene rings is 3. The maximum atomic E-state index is 14.1. The number of hydrogen-bond acceptors (Lipinski definition) is 6. The lowest BCUT2D eigenvalue weighted by atomic mass is 10.1. The Morgan fingerprint density at radius 3 is 2.17 bits per heavy atom. The summed E-state index contributed by atoms with van der Waals surface area (Å²) in [5.41, 5.74) is 0.891. The van der Waals surface area contributed by atoms with Crippen LogP contribution >= 0.6 is 23.2 Å². The Labute approximate surface area is 257 Å². The van der Waals surface area contributed by atoms with Gasteiger partial charge >= 0.3 is 0 Å². The summed E-state index contributed by atoms with van der Waals surface area (Å²) in [6.45, 7) is 4.84. The lowest BCUT2D eigenvalue weighted by molar-refractivity contribution is -0.139. The Morgan fingerprint density at radius 2 is 1.57 bits per heavy atom. The number of nitrogens with one attached hydrogen (secondary N) is 1. The van der Waals surface area contributed by atoms with Crippen molar-refractivity contribution < 1.29 is 27.5 Å². The number of amides is 2. The molecule has 12 heteroatoms. The van der Waals surface area contributed by atoms with Gasteiger partial charge in [0.05, 0.1) is 24.8 Å². The van der Waals surface area contributed by atoms with Crippen LogP contribution in [0.3, 0.4) is 0 Å². The van der Waals surface area contributed by atoms with Crippen LogP contribution in [0.1, 0.15) is 32.8 Å². The van der Waals surface area contributed by atoms with Gasteiger partial charge in [-0.15, -0.1) is 0 Å². The summed E-state index contributed by atoms with van der Waals surface area (Å²) < 4.78 is 39.7. The van der Waals surface area contributed by atoms with Gasteiger partial charge in [0.2, 0.25) is 11.8 Å². The zero-order valence-corrected chi connectivity index (χ0v) is 26.5. The summed E-state index contributed by atoms with van der Waals surface area (Å²) in [6, 6.07) is 16.1. The zero-order valence-electron chi connectivity index (χ0n) is 24.1. The molecular weight excluding hydrogens is 601 g/mol. The smallest absolute Gasteiger partial charge is 0.264 e. The largest absolute Gasteiger partial charge is 0.493 e. The second-order valence-corrected chi connectivity index (χ2v) is 12.4. The van der Waals surface area contributed by atoms with E-state index in [4.69, 9.17) is 32.7 Å². The highest BCUT2D eigenvalue weighted by Crippen LogP contribution is 2.32. The normalized spacial score (nSPS) is 12.6. The van der Waals surface area contributed by atoms with Crippen LogP contribution in [0.5, 0.6) is 11.5 Å². The highest BCUT2D eigenvalue weighted by Gasteiger charge is 2.33. The quantitative estimate of drug-likeness (QED) is 0.264. The zero-order chi connectivity index (χ0) is 31.0. The molecule has 1 N–H and O–H groups in total. The minimum Gasteiger partial charge on any atom is -0.493 e. The topological polar surface area (TPSA) is 105 Å². The number of halogens is 2. The summed E-state index contributed by atoms with van der Waals surface area (Å²) in [5.74, 6) is -0.403. The summed E-state index contributed by atoms with van der Waals surface area (Å²) in [6.07, 6.45) is 0.703. The first-order valence-corrected chi connectivity index (χ1v) is 15.5. The van der Waals surface area contributed by atoms with Gasteiger partial charge < -0.3 is 19.7 Å². The highest BCUT2D eigenvalue weighted by molar-refractivity contribution is 7.92. The first-order chi connectivity index (χ1) is 19.9. The molecule has 3 aromatic carbocycles. The Bertz CT molecular complexity index is 1500. The number of sulfonamides is 1. The third-order valence-corrected chi connectivity index (χ3v) is 9.00. The third kappa shape index (κ3) is 8.08. The molecule has 42 heavy (non-hydrogen) atoms. The van der Waals surface area contributed by atoms with Crippen molar-refractivity contribution in [2.45, 2.75) is 50.7 Å². The number of carbonyl (C=O) groups excluding carboxylic acids is 2. The lowest BCUT2D eigenvalue weighted by Crippen LogP contribution is -2.52.